The van der Waals surface area contributed by atoms with Crippen molar-refractivity contribution in [2.24, 2.45) is 5.92 Å². The number of aliphatic hydroxyl groups is 2. The Morgan fingerprint density at radius 1 is 1.23 bits per heavy atom. The van der Waals surface area contributed by atoms with E-state index in [4.69, 9.17) is 4.74 Å². The van der Waals surface area contributed by atoms with Crippen LogP contribution in [-0.2, 0) is 12.8 Å². The molecule has 0 saturated heterocycles. The molecule has 1 aliphatic rings. The van der Waals surface area contributed by atoms with E-state index in [0.29, 0.717) is 25.4 Å². The Kier molecular flexibility index (Phi) is 5.48. The van der Waals surface area contributed by atoms with Gasteiger partial charge in [0.05, 0.1) is 18.8 Å². The van der Waals surface area contributed by atoms with Crippen molar-refractivity contribution >= 4 is 0 Å². The fourth-order valence-corrected chi connectivity index (χ4v) is 2.65. The smallest absolute Gasteiger partial charge is 0.122 e. The molecule has 2 rings (SSSR count). The minimum atomic E-state index is -0.697. The van der Waals surface area contributed by atoms with E-state index in [2.05, 4.69) is 33.0 Å². The van der Waals surface area contributed by atoms with E-state index in [-0.39, 0.29) is 5.54 Å². The van der Waals surface area contributed by atoms with Crippen LogP contribution in [0.2, 0.25) is 0 Å². The summed E-state index contributed by atoms with van der Waals surface area (Å²) in [7, 11) is 0. The summed E-state index contributed by atoms with van der Waals surface area (Å²) in [6, 6.07) is 5.91. The molecule has 3 N–H and O–H groups in total. The van der Waals surface area contributed by atoms with Gasteiger partial charge in [-0.1, -0.05) is 19.1 Å². The van der Waals surface area contributed by atoms with Crippen LogP contribution in [0.1, 0.15) is 38.8 Å². The Bertz CT molecular complexity index is 496. The molecule has 124 valence electrons. The number of hydrogen-bond acceptors (Lipinski definition) is 4. The van der Waals surface area contributed by atoms with Crippen LogP contribution in [0.5, 0.6) is 5.75 Å². The average Bonchev–Trinajstić information content (AvgIpc) is 2.43. The van der Waals surface area contributed by atoms with E-state index >= 15 is 0 Å². The fourth-order valence-electron chi connectivity index (χ4n) is 2.65. The molecule has 0 radical (unpaired) electrons. The molecular weight excluding hydrogens is 278 g/mol. The predicted molar refractivity (Wildman–Crippen MR) is 88.3 cm³/mol. The Morgan fingerprint density at radius 2 is 1.91 bits per heavy atom. The maximum absolute atomic E-state index is 9.88. The van der Waals surface area contributed by atoms with Crippen LogP contribution in [0.4, 0.5) is 0 Å². The molecule has 0 amide bonds. The van der Waals surface area contributed by atoms with Gasteiger partial charge in [-0.15, -0.1) is 0 Å². The first-order valence-corrected chi connectivity index (χ1v) is 8.11. The first kappa shape index (κ1) is 17.3. The molecule has 0 spiro atoms. The molecule has 1 aromatic rings. The summed E-state index contributed by atoms with van der Waals surface area (Å²) in [6.45, 7) is 10.2. The molecule has 1 aliphatic carbocycles. The number of ether oxygens (including phenoxy) is 1. The predicted octanol–water partition coefficient (Wildman–Crippen LogP) is 1.91. The van der Waals surface area contributed by atoms with Crippen molar-refractivity contribution in [2.75, 3.05) is 13.2 Å². The van der Waals surface area contributed by atoms with Gasteiger partial charge in [0.1, 0.15) is 5.75 Å². The Hall–Kier alpha value is -1.10. The molecule has 0 aliphatic heterocycles. The van der Waals surface area contributed by atoms with Gasteiger partial charge in [0, 0.05) is 36.4 Å². The number of hydrogen-bond donors (Lipinski definition) is 3. The largest absolute Gasteiger partial charge is 0.493 e. The summed E-state index contributed by atoms with van der Waals surface area (Å²) in [5.74, 6) is 1.24. The monoisotopic (exact) mass is 307 g/mol. The van der Waals surface area contributed by atoms with Crippen molar-refractivity contribution in [3.05, 3.63) is 29.3 Å². The number of rotatable bonds is 5. The van der Waals surface area contributed by atoms with Crippen LogP contribution in [0, 0.1) is 5.92 Å². The van der Waals surface area contributed by atoms with Crippen LogP contribution < -0.4 is 10.1 Å². The standard InChI is InChI=1S/C18H29NO3/c1-12(10-19-18(2,3)4)11-22-17-7-5-6-13-8-15(20)16(21)9-14(13)17/h5-7,12,15-16,19-21H,8-11H2,1-4H3. The highest BCUT2D eigenvalue weighted by molar-refractivity contribution is 5.43. The highest BCUT2D eigenvalue weighted by Crippen LogP contribution is 2.30. The third-order valence-corrected chi connectivity index (χ3v) is 4.02. The number of fused-ring (bicyclic) bond motifs is 1. The third kappa shape index (κ3) is 4.70. The summed E-state index contributed by atoms with van der Waals surface area (Å²) in [5, 5.41) is 23.1. The molecule has 0 heterocycles. The van der Waals surface area contributed by atoms with E-state index in [1.807, 2.05) is 18.2 Å². The summed E-state index contributed by atoms with van der Waals surface area (Å²) >= 11 is 0. The molecule has 0 fully saturated rings. The molecule has 3 unspecified atom stereocenters. The van der Waals surface area contributed by atoms with Crippen LogP contribution in [0.25, 0.3) is 0 Å². The van der Waals surface area contributed by atoms with Crippen LogP contribution in [-0.4, -0.2) is 41.1 Å². The second-order valence-corrected chi connectivity index (χ2v) is 7.48. The summed E-state index contributed by atoms with van der Waals surface area (Å²) in [6.07, 6.45) is -0.411. The Labute approximate surface area is 133 Å². The number of benzene rings is 1. The lowest BCUT2D eigenvalue weighted by Crippen LogP contribution is -2.39. The molecule has 1 aromatic carbocycles. The molecule has 22 heavy (non-hydrogen) atoms. The Morgan fingerprint density at radius 3 is 2.59 bits per heavy atom. The molecule has 0 aromatic heterocycles. The summed E-state index contributed by atoms with van der Waals surface area (Å²) < 4.78 is 5.98. The third-order valence-electron chi connectivity index (χ3n) is 4.02. The molecular formula is C18H29NO3. The first-order valence-electron chi connectivity index (χ1n) is 8.11. The second kappa shape index (κ2) is 6.99. The summed E-state index contributed by atoms with van der Waals surface area (Å²) in [5.41, 5.74) is 2.23. The maximum Gasteiger partial charge on any atom is 0.122 e. The normalized spacial score (nSPS) is 23.0. The van der Waals surface area contributed by atoms with Crippen molar-refractivity contribution in [3.8, 4) is 5.75 Å². The van der Waals surface area contributed by atoms with Gasteiger partial charge >= 0.3 is 0 Å². The minimum Gasteiger partial charge on any atom is -0.493 e. The highest BCUT2D eigenvalue weighted by atomic mass is 16.5. The van der Waals surface area contributed by atoms with E-state index < -0.39 is 12.2 Å². The zero-order valence-corrected chi connectivity index (χ0v) is 14.1. The van der Waals surface area contributed by atoms with Gasteiger partial charge in [-0.2, -0.15) is 0 Å². The number of nitrogens with one attached hydrogen (secondary N) is 1. The number of aliphatic hydroxyl groups excluding tert-OH is 2. The van der Waals surface area contributed by atoms with E-state index in [1.54, 1.807) is 0 Å². The van der Waals surface area contributed by atoms with E-state index in [1.165, 1.54) is 0 Å². The van der Waals surface area contributed by atoms with Crippen molar-refractivity contribution in [2.45, 2.75) is 58.3 Å². The molecule has 0 saturated carbocycles. The topological polar surface area (TPSA) is 61.7 Å². The van der Waals surface area contributed by atoms with Crippen molar-refractivity contribution in [1.29, 1.82) is 0 Å². The van der Waals surface area contributed by atoms with Crippen molar-refractivity contribution < 1.29 is 14.9 Å². The van der Waals surface area contributed by atoms with Crippen LogP contribution in [0.15, 0.2) is 18.2 Å². The van der Waals surface area contributed by atoms with E-state index in [0.717, 1.165) is 23.4 Å². The fraction of sp³-hybridized carbons (Fsp3) is 0.667. The molecule has 4 heteroatoms. The van der Waals surface area contributed by atoms with Crippen molar-refractivity contribution in [3.63, 3.8) is 0 Å². The van der Waals surface area contributed by atoms with Gasteiger partial charge in [-0.3, -0.25) is 0 Å². The van der Waals surface area contributed by atoms with Gasteiger partial charge in [0.2, 0.25) is 0 Å². The van der Waals surface area contributed by atoms with Gasteiger partial charge in [-0.25, -0.2) is 0 Å². The zero-order chi connectivity index (χ0) is 16.3. The van der Waals surface area contributed by atoms with Gasteiger partial charge in [0.15, 0.2) is 0 Å². The zero-order valence-electron chi connectivity index (χ0n) is 14.1. The lowest BCUT2D eigenvalue weighted by atomic mass is 9.87. The van der Waals surface area contributed by atoms with Crippen molar-refractivity contribution in [1.82, 2.24) is 5.32 Å². The maximum atomic E-state index is 9.88. The molecule has 4 nitrogen and oxygen atoms in total. The van der Waals surface area contributed by atoms with Crippen LogP contribution >= 0.6 is 0 Å². The minimum absolute atomic E-state index is 0.112. The highest BCUT2D eigenvalue weighted by Gasteiger charge is 2.27. The average molecular weight is 307 g/mol. The van der Waals surface area contributed by atoms with E-state index in [9.17, 15) is 10.2 Å². The lowest BCUT2D eigenvalue weighted by molar-refractivity contribution is 0.0135. The SMILES string of the molecule is CC(CNC(C)(C)C)COc1cccc2c1CC(O)C(O)C2. The van der Waals surface area contributed by atoms with Gasteiger partial charge < -0.3 is 20.3 Å². The quantitative estimate of drug-likeness (QED) is 0.778. The second-order valence-electron chi connectivity index (χ2n) is 7.48. The van der Waals surface area contributed by atoms with Crippen LogP contribution in [0.3, 0.4) is 0 Å². The van der Waals surface area contributed by atoms with Gasteiger partial charge in [-0.05, 0) is 32.4 Å². The summed E-state index contributed by atoms with van der Waals surface area (Å²) in [4.78, 5) is 0. The lowest BCUT2D eigenvalue weighted by Gasteiger charge is -2.28. The Balaban J connectivity index is 1.95. The van der Waals surface area contributed by atoms with Gasteiger partial charge in [0.25, 0.3) is 0 Å². The first-order chi connectivity index (χ1) is 10.3. The molecule has 3 atom stereocenters. The molecule has 0 bridgehead atoms.